The molecule has 0 bridgehead atoms. The van der Waals surface area contributed by atoms with Gasteiger partial charge >= 0.3 is 0 Å². The summed E-state index contributed by atoms with van der Waals surface area (Å²) >= 11 is 6.13. The Morgan fingerprint density at radius 3 is 2.85 bits per heavy atom. The van der Waals surface area contributed by atoms with Gasteiger partial charge in [0, 0.05) is 35.1 Å². The number of allylic oxidation sites excluding steroid dienone is 1. The molecule has 2 aromatic rings. The standard InChI is InChI=1S/C19H18ClFN4O/c1-11(16-10-23-7-8-24-16)25-15-3-2-4-17(26)18(15)19(22)13-6-5-12(21)9-14(13)20/h5-10,19,25H,1-4,22H2. The van der Waals surface area contributed by atoms with Crippen LogP contribution in [0.2, 0.25) is 5.02 Å². The minimum atomic E-state index is -0.756. The van der Waals surface area contributed by atoms with E-state index in [0.29, 0.717) is 47.5 Å². The average molecular weight is 373 g/mol. The number of benzene rings is 1. The van der Waals surface area contributed by atoms with Crippen molar-refractivity contribution in [3.8, 4) is 0 Å². The molecule has 1 aromatic heterocycles. The lowest BCUT2D eigenvalue weighted by atomic mass is 9.87. The highest BCUT2D eigenvalue weighted by atomic mass is 35.5. The number of rotatable bonds is 5. The fourth-order valence-electron chi connectivity index (χ4n) is 2.96. The van der Waals surface area contributed by atoms with E-state index < -0.39 is 11.9 Å². The van der Waals surface area contributed by atoms with Gasteiger partial charge in [0.15, 0.2) is 5.78 Å². The number of nitrogens with zero attached hydrogens (tertiary/aromatic N) is 2. The molecule has 0 fully saturated rings. The Kier molecular flexibility index (Phi) is 5.44. The van der Waals surface area contributed by atoms with Crippen molar-refractivity contribution < 1.29 is 9.18 Å². The Labute approximate surface area is 155 Å². The van der Waals surface area contributed by atoms with Crippen molar-refractivity contribution >= 4 is 23.1 Å². The van der Waals surface area contributed by atoms with Crippen LogP contribution in [-0.2, 0) is 4.79 Å². The first-order valence-electron chi connectivity index (χ1n) is 8.16. The molecule has 1 unspecified atom stereocenters. The first-order valence-corrected chi connectivity index (χ1v) is 8.54. The van der Waals surface area contributed by atoms with Crippen LogP contribution < -0.4 is 11.1 Å². The smallest absolute Gasteiger partial charge is 0.162 e. The molecule has 1 aliphatic carbocycles. The number of carbonyl (C=O) groups is 1. The highest BCUT2D eigenvalue weighted by Gasteiger charge is 2.28. The van der Waals surface area contributed by atoms with E-state index in [4.69, 9.17) is 17.3 Å². The quantitative estimate of drug-likeness (QED) is 0.839. The molecule has 0 saturated heterocycles. The van der Waals surface area contributed by atoms with Gasteiger partial charge in [0.2, 0.25) is 0 Å². The third kappa shape index (κ3) is 3.81. The van der Waals surface area contributed by atoms with Crippen molar-refractivity contribution in [1.29, 1.82) is 0 Å². The van der Waals surface area contributed by atoms with E-state index in [1.165, 1.54) is 18.2 Å². The third-order valence-corrected chi connectivity index (χ3v) is 4.57. The van der Waals surface area contributed by atoms with Crippen LogP contribution in [0.1, 0.15) is 36.6 Å². The van der Waals surface area contributed by atoms with Gasteiger partial charge in [0.25, 0.3) is 0 Å². The molecule has 1 aromatic carbocycles. The highest BCUT2D eigenvalue weighted by Crippen LogP contribution is 2.33. The summed E-state index contributed by atoms with van der Waals surface area (Å²) in [5.74, 6) is -0.511. The normalized spacial score (nSPS) is 15.7. The fraction of sp³-hybridized carbons (Fsp3) is 0.211. The summed E-state index contributed by atoms with van der Waals surface area (Å²) in [5.41, 5.74) is 9.06. The first kappa shape index (κ1) is 18.2. The van der Waals surface area contributed by atoms with Crippen molar-refractivity contribution in [2.24, 2.45) is 5.73 Å². The maximum absolute atomic E-state index is 13.3. The van der Waals surface area contributed by atoms with E-state index >= 15 is 0 Å². The molecule has 5 nitrogen and oxygen atoms in total. The van der Waals surface area contributed by atoms with Crippen LogP contribution >= 0.6 is 11.6 Å². The summed E-state index contributed by atoms with van der Waals surface area (Å²) in [7, 11) is 0. The molecular formula is C19H18ClFN4O. The second-order valence-electron chi connectivity index (χ2n) is 6.01. The van der Waals surface area contributed by atoms with Crippen LogP contribution in [0.5, 0.6) is 0 Å². The van der Waals surface area contributed by atoms with Gasteiger partial charge in [0.1, 0.15) is 11.5 Å². The lowest BCUT2D eigenvalue weighted by Crippen LogP contribution is -2.28. The predicted octanol–water partition coefficient (Wildman–Crippen LogP) is 3.54. The van der Waals surface area contributed by atoms with Gasteiger partial charge in [-0.25, -0.2) is 4.39 Å². The predicted molar refractivity (Wildman–Crippen MR) is 98.4 cm³/mol. The second-order valence-corrected chi connectivity index (χ2v) is 6.41. The average Bonchev–Trinajstić information content (AvgIpc) is 2.62. The van der Waals surface area contributed by atoms with Crippen LogP contribution in [0.25, 0.3) is 5.70 Å². The minimum absolute atomic E-state index is 0.0569. The zero-order valence-corrected chi connectivity index (χ0v) is 14.8. The zero-order valence-electron chi connectivity index (χ0n) is 14.0. The Bertz CT molecular complexity index is 882. The van der Waals surface area contributed by atoms with Crippen LogP contribution in [-0.4, -0.2) is 15.8 Å². The minimum Gasteiger partial charge on any atom is -0.357 e. The van der Waals surface area contributed by atoms with Gasteiger partial charge in [-0.15, -0.1) is 0 Å². The van der Waals surface area contributed by atoms with Crippen molar-refractivity contribution in [2.75, 3.05) is 0 Å². The lowest BCUT2D eigenvalue weighted by Gasteiger charge is -2.26. The molecule has 3 N–H and O–H groups in total. The molecule has 0 spiro atoms. The number of carbonyl (C=O) groups excluding carboxylic acids is 1. The molecule has 1 aliphatic rings. The number of nitrogens with two attached hydrogens (primary N) is 1. The molecule has 0 amide bonds. The van der Waals surface area contributed by atoms with Gasteiger partial charge in [-0.2, -0.15) is 0 Å². The summed E-state index contributed by atoms with van der Waals surface area (Å²) in [6.45, 7) is 3.96. The van der Waals surface area contributed by atoms with Gasteiger partial charge in [-0.05, 0) is 30.5 Å². The van der Waals surface area contributed by atoms with E-state index in [2.05, 4.69) is 21.9 Å². The van der Waals surface area contributed by atoms with Crippen molar-refractivity contribution in [1.82, 2.24) is 15.3 Å². The Morgan fingerprint density at radius 2 is 2.15 bits per heavy atom. The zero-order chi connectivity index (χ0) is 18.7. The number of nitrogens with one attached hydrogen (secondary N) is 1. The molecule has 7 heteroatoms. The van der Waals surface area contributed by atoms with E-state index in [0.717, 1.165) is 0 Å². The Morgan fingerprint density at radius 1 is 1.35 bits per heavy atom. The van der Waals surface area contributed by atoms with Crippen molar-refractivity contribution in [3.63, 3.8) is 0 Å². The summed E-state index contributed by atoms with van der Waals surface area (Å²) in [6.07, 6.45) is 6.47. The molecule has 1 heterocycles. The lowest BCUT2D eigenvalue weighted by molar-refractivity contribution is -0.116. The van der Waals surface area contributed by atoms with Gasteiger partial charge in [-0.1, -0.05) is 24.2 Å². The molecule has 0 aliphatic heterocycles. The number of hydrogen-bond acceptors (Lipinski definition) is 5. The molecular weight excluding hydrogens is 355 g/mol. The van der Waals surface area contributed by atoms with Gasteiger partial charge < -0.3 is 11.1 Å². The number of ketones is 1. The van der Waals surface area contributed by atoms with Crippen molar-refractivity contribution in [3.05, 3.63) is 76.7 Å². The van der Waals surface area contributed by atoms with Crippen LogP contribution in [0.15, 0.2) is 54.6 Å². The van der Waals surface area contributed by atoms with E-state index in [1.54, 1.807) is 18.6 Å². The van der Waals surface area contributed by atoms with E-state index in [9.17, 15) is 9.18 Å². The van der Waals surface area contributed by atoms with Crippen LogP contribution in [0.3, 0.4) is 0 Å². The molecule has 1 atom stereocenters. The molecule has 0 saturated carbocycles. The Balaban J connectivity index is 1.96. The van der Waals surface area contributed by atoms with Crippen LogP contribution in [0.4, 0.5) is 4.39 Å². The molecule has 0 radical (unpaired) electrons. The van der Waals surface area contributed by atoms with Crippen LogP contribution in [0, 0.1) is 5.82 Å². The maximum Gasteiger partial charge on any atom is 0.162 e. The molecule has 134 valence electrons. The third-order valence-electron chi connectivity index (χ3n) is 4.24. The highest BCUT2D eigenvalue weighted by molar-refractivity contribution is 6.31. The van der Waals surface area contributed by atoms with E-state index in [1.807, 2.05) is 0 Å². The number of hydrogen-bond donors (Lipinski definition) is 2. The summed E-state index contributed by atoms with van der Waals surface area (Å²) in [6, 6.07) is 3.22. The number of aromatic nitrogens is 2. The first-order chi connectivity index (χ1) is 12.5. The SMILES string of the molecule is C=C(NC1=C(C(N)c2ccc(F)cc2Cl)C(=O)CCC1)c1cnccn1. The number of Topliss-reactive ketones (excluding diaryl/α,β-unsaturated/α-hetero) is 1. The largest absolute Gasteiger partial charge is 0.357 e. The number of halogens is 2. The van der Waals surface area contributed by atoms with Crippen molar-refractivity contribution in [2.45, 2.75) is 25.3 Å². The molecule has 26 heavy (non-hydrogen) atoms. The molecule has 3 rings (SSSR count). The summed E-state index contributed by atoms with van der Waals surface area (Å²) in [5, 5.41) is 3.35. The van der Waals surface area contributed by atoms with Gasteiger partial charge in [-0.3, -0.25) is 14.8 Å². The summed E-state index contributed by atoms with van der Waals surface area (Å²) < 4.78 is 13.3. The summed E-state index contributed by atoms with van der Waals surface area (Å²) in [4.78, 5) is 20.8. The topological polar surface area (TPSA) is 80.9 Å². The van der Waals surface area contributed by atoms with Gasteiger partial charge in [0.05, 0.1) is 17.9 Å². The Hall–Kier alpha value is -2.57. The monoisotopic (exact) mass is 372 g/mol. The maximum atomic E-state index is 13.3. The fourth-order valence-corrected chi connectivity index (χ4v) is 3.25. The second kappa shape index (κ2) is 7.76. The van der Waals surface area contributed by atoms with E-state index in [-0.39, 0.29) is 10.8 Å².